The fraction of sp³-hybridized carbons (Fsp3) is 0.300. The van der Waals surface area contributed by atoms with E-state index in [1.807, 2.05) is 19.1 Å². The summed E-state index contributed by atoms with van der Waals surface area (Å²) in [7, 11) is 0. The Morgan fingerprint density at radius 1 is 1.67 bits per heavy atom. The predicted molar refractivity (Wildman–Crippen MR) is 58.8 cm³/mol. The molecule has 2 aromatic heterocycles. The number of anilines is 1. The minimum absolute atomic E-state index is 0.128. The van der Waals surface area contributed by atoms with E-state index in [0.717, 1.165) is 12.2 Å². The van der Waals surface area contributed by atoms with Crippen molar-refractivity contribution < 1.29 is 4.42 Å². The number of nitrogen functional groups attached to an aromatic ring is 1. The van der Waals surface area contributed by atoms with E-state index in [-0.39, 0.29) is 6.04 Å². The van der Waals surface area contributed by atoms with E-state index >= 15 is 0 Å². The van der Waals surface area contributed by atoms with Crippen molar-refractivity contribution in [3.8, 4) is 0 Å². The average Bonchev–Trinajstić information content (AvgIpc) is 2.79. The summed E-state index contributed by atoms with van der Waals surface area (Å²) < 4.78 is 6.96. The van der Waals surface area contributed by atoms with Gasteiger partial charge in [0.25, 0.3) is 0 Å². The summed E-state index contributed by atoms with van der Waals surface area (Å²) in [6.07, 6.45) is 3.95. The highest BCUT2D eigenvalue weighted by Crippen LogP contribution is 2.23. The van der Waals surface area contributed by atoms with E-state index < -0.39 is 0 Å². The Bertz CT molecular complexity index is 435. The van der Waals surface area contributed by atoms with Gasteiger partial charge >= 0.3 is 0 Å². The third-order valence-corrected chi connectivity index (χ3v) is 2.57. The van der Waals surface area contributed by atoms with Crippen LogP contribution in [0, 0.1) is 0 Å². The van der Waals surface area contributed by atoms with Crippen LogP contribution in [-0.4, -0.2) is 9.78 Å². The Labute approximate surface area is 92.6 Å². The minimum atomic E-state index is 0.128. The zero-order valence-electron chi connectivity index (χ0n) is 8.35. The van der Waals surface area contributed by atoms with Gasteiger partial charge < -0.3 is 10.2 Å². The monoisotopic (exact) mass is 225 g/mol. The minimum Gasteiger partial charge on any atom is -0.469 e. The van der Waals surface area contributed by atoms with Gasteiger partial charge in [-0.25, -0.2) is 4.68 Å². The summed E-state index contributed by atoms with van der Waals surface area (Å²) in [4.78, 5) is 0. The van der Waals surface area contributed by atoms with Crippen LogP contribution in [0.25, 0.3) is 0 Å². The van der Waals surface area contributed by atoms with Crippen molar-refractivity contribution in [2.75, 3.05) is 5.73 Å². The number of nitrogens with two attached hydrogens (primary N) is 1. The number of nitrogens with zero attached hydrogens (tertiary/aromatic N) is 2. The van der Waals surface area contributed by atoms with Crippen molar-refractivity contribution in [1.29, 1.82) is 0 Å². The van der Waals surface area contributed by atoms with Crippen LogP contribution in [-0.2, 0) is 6.42 Å². The number of hydrogen-bond donors (Lipinski definition) is 1. The van der Waals surface area contributed by atoms with Crippen LogP contribution in [0.3, 0.4) is 0 Å². The molecule has 0 aromatic carbocycles. The topological polar surface area (TPSA) is 57.0 Å². The van der Waals surface area contributed by atoms with E-state index in [1.54, 1.807) is 17.1 Å². The standard InChI is InChI=1S/C10H12ClN3O/c1-7(5-8-3-2-4-15-8)14-10(12)9(11)6-13-14/h2-4,6-7H,5,12H2,1H3. The largest absolute Gasteiger partial charge is 0.469 e. The van der Waals surface area contributed by atoms with E-state index in [1.165, 1.54) is 0 Å². The van der Waals surface area contributed by atoms with Gasteiger partial charge in [-0.05, 0) is 19.1 Å². The molecule has 0 bridgehead atoms. The molecule has 0 fully saturated rings. The molecule has 2 aromatic rings. The first-order valence-corrected chi connectivity index (χ1v) is 5.07. The maximum atomic E-state index is 5.82. The summed E-state index contributed by atoms with van der Waals surface area (Å²) in [6.45, 7) is 2.02. The normalized spacial score (nSPS) is 12.9. The second-order valence-corrected chi connectivity index (χ2v) is 3.86. The molecule has 0 amide bonds. The summed E-state index contributed by atoms with van der Waals surface area (Å²) in [5, 5.41) is 4.60. The molecule has 1 unspecified atom stereocenters. The number of aromatic nitrogens is 2. The number of furan rings is 1. The van der Waals surface area contributed by atoms with Crippen molar-refractivity contribution >= 4 is 17.4 Å². The van der Waals surface area contributed by atoms with Crippen LogP contribution in [0.4, 0.5) is 5.82 Å². The molecule has 2 rings (SSSR count). The second-order valence-electron chi connectivity index (χ2n) is 3.45. The zero-order valence-corrected chi connectivity index (χ0v) is 9.11. The van der Waals surface area contributed by atoms with Crippen LogP contribution < -0.4 is 5.73 Å². The zero-order chi connectivity index (χ0) is 10.8. The van der Waals surface area contributed by atoms with E-state index in [2.05, 4.69) is 5.10 Å². The van der Waals surface area contributed by atoms with Gasteiger partial charge in [-0.1, -0.05) is 11.6 Å². The van der Waals surface area contributed by atoms with Crippen molar-refractivity contribution in [1.82, 2.24) is 9.78 Å². The highest BCUT2D eigenvalue weighted by molar-refractivity contribution is 6.32. The van der Waals surface area contributed by atoms with Gasteiger partial charge in [0, 0.05) is 6.42 Å². The summed E-state index contributed by atoms with van der Waals surface area (Å²) in [6, 6.07) is 3.92. The van der Waals surface area contributed by atoms with Gasteiger partial charge in [0.05, 0.1) is 18.5 Å². The van der Waals surface area contributed by atoms with Gasteiger partial charge in [0.1, 0.15) is 16.6 Å². The first kappa shape index (κ1) is 10.1. The Balaban J connectivity index is 2.14. The first-order valence-electron chi connectivity index (χ1n) is 4.69. The van der Waals surface area contributed by atoms with E-state index in [0.29, 0.717) is 10.8 Å². The molecule has 0 aliphatic carbocycles. The van der Waals surface area contributed by atoms with Gasteiger partial charge in [-0.15, -0.1) is 0 Å². The summed E-state index contributed by atoms with van der Waals surface area (Å²) in [5.41, 5.74) is 5.77. The maximum Gasteiger partial charge on any atom is 0.140 e. The third kappa shape index (κ3) is 1.99. The molecular weight excluding hydrogens is 214 g/mol. The van der Waals surface area contributed by atoms with Gasteiger partial charge in [0.15, 0.2) is 0 Å². The molecular formula is C10H12ClN3O. The molecule has 0 aliphatic rings. The average molecular weight is 226 g/mol. The van der Waals surface area contributed by atoms with Gasteiger partial charge in [-0.2, -0.15) is 5.10 Å². The van der Waals surface area contributed by atoms with Crippen LogP contribution in [0.15, 0.2) is 29.0 Å². The quantitative estimate of drug-likeness (QED) is 0.873. The Morgan fingerprint density at radius 3 is 3.00 bits per heavy atom. The highest BCUT2D eigenvalue weighted by atomic mass is 35.5. The molecule has 2 N–H and O–H groups in total. The fourth-order valence-corrected chi connectivity index (χ4v) is 1.64. The van der Waals surface area contributed by atoms with E-state index in [4.69, 9.17) is 21.8 Å². The van der Waals surface area contributed by atoms with Gasteiger partial charge in [-0.3, -0.25) is 0 Å². The summed E-state index contributed by atoms with van der Waals surface area (Å²) >= 11 is 5.82. The lowest BCUT2D eigenvalue weighted by molar-refractivity contribution is 0.429. The molecule has 0 aliphatic heterocycles. The number of rotatable bonds is 3. The van der Waals surface area contributed by atoms with Gasteiger partial charge in [0.2, 0.25) is 0 Å². The van der Waals surface area contributed by atoms with Crippen molar-refractivity contribution in [2.24, 2.45) is 0 Å². The molecule has 80 valence electrons. The maximum absolute atomic E-state index is 5.82. The first-order chi connectivity index (χ1) is 7.18. The van der Waals surface area contributed by atoms with Crippen LogP contribution in [0.5, 0.6) is 0 Å². The molecule has 0 saturated heterocycles. The van der Waals surface area contributed by atoms with Crippen molar-refractivity contribution in [2.45, 2.75) is 19.4 Å². The Hall–Kier alpha value is -1.42. The molecule has 0 radical (unpaired) electrons. The highest BCUT2D eigenvalue weighted by Gasteiger charge is 2.13. The summed E-state index contributed by atoms with van der Waals surface area (Å²) in [5.74, 6) is 1.41. The number of halogens is 1. The lowest BCUT2D eigenvalue weighted by atomic mass is 10.2. The van der Waals surface area contributed by atoms with Crippen LogP contribution in [0.2, 0.25) is 5.02 Å². The van der Waals surface area contributed by atoms with E-state index in [9.17, 15) is 0 Å². The van der Waals surface area contributed by atoms with Crippen molar-refractivity contribution in [3.05, 3.63) is 35.4 Å². The van der Waals surface area contributed by atoms with Crippen LogP contribution >= 0.6 is 11.6 Å². The second kappa shape index (κ2) is 3.98. The molecule has 1 atom stereocenters. The Morgan fingerprint density at radius 2 is 2.47 bits per heavy atom. The molecule has 2 heterocycles. The lowest BCUT2D eigenvalue weighted by Gasteiger charge is -2.12. The van der Waals surface area contributed by atoms with Crippen LogP contribution in [0.1, 0.15) is 18.7 Å². The van der Waals surface area contributed by atoms with Crippen molar-refractivity contribution in [3.63, 3.8) is 0 Å². The molecule has 5 heteroatoms. The smallest absolute Gasteiger partial charge is 0.140 e. The predicted octanol–water partition coefficient (Wildman–Crippen LogP) is 2.52. The Kier molecular flexibility index (Phi) is 2.68. The molecule has 0 spiro atoms. The number of hydrogen-bond acceptors (Lipinski definition) is 3. The molecule has 15 heavy (non-hydrogen) atoms. The lowest BCUT2D eigenvalue weighted by Crippen LogP contribution is -2.12. The fourth-order valence-electron chi connectivity index (χ4n) is 1.51. The molecule has 4 nitrogen and oxygen atoms in total. The SMILES string of the molecule is CC(Cc1ccco1)n1ncc(Cl)c1N. The third-order valence-electron chi connectivity index (χ3n) is 2.28. The molecule has 0 saturated carbocycles.